The molecule has 0 bridgehead atoms. The average molecular weight is 1010 g/mol. The topological polar surface area (TPSA) is 20.2 Å². The van der Waals surface area contributed by atoms with Crippen molar-refractivity contribution in [3.63, 3.8) is 0 Å². The first-order valence-electron chi connectivity index (χ1n) is 29.9. The minimum absolute atomic E-state index is 0. The number of hydrogen-bond donors (Lipinski definition) is 1. The Morgan fingerprint density at radius 3 is 0.881 bits per heavy atom. The lowest BCUT2D eigenvalue weighted by molar-refractivity contribution is 0.282. The Balaban J connectivity index is -0.000000140. The van der Waals surface area contributed by atoms with Crippen molar-refractivity contribution >= 4 is 15.9 Å². The van der Waals surface area contributed by atoms with Gasteiger partial charge in [0.25, 0.3) is 0 Å². The molecular formula is C65H131BrO. The van der Waals surface area contributed by atoms with E-state index in [0.29, 0.717) is 6.61 Å². The van der Waals surface area contributed by atoms with Crippen molar-refractivity contribution in [1.29, 1.82) is 0 Å². The Morgan fingerprint density at radius 1 is 0.328 bits per heavy atom. The third kappa shape index (κ3) is 103. The number of terminal acetylenes is 1. The summed E-state index contributed by atoms with van der Waals surface area (Å²) in [5.41, 5.74) is 0. The molecule has 1 nitrogen and oxygen atoms in total. The van der Waals surface area contributed by atoms with E-state index in [9.17, 15) is 0 Å². The summed E-state index contributed by atoms with van der Waals surface area (Å²) in [7, 11) is 0. The molecule has 2 heteroatoms. The molecule has 0 rings (SSSR count). The summed E-state index contributed by atoms with van der Waals surface area (Å²) in [6.45, 7) is 16.1. The van der Waals surface area contributed by atoms with Gasteiger partial charge in [-0.25, -0.2) is 0 Å². The van der Waals surface area contributed by atoms with Crippen LogP contribution in [0.1, 0.15) is 359 Å². The fourth-order valence-electron chi connectivity index (χ4n) is 7.24. The van der Waals surface area contributed by atoms with Crippen molar-refractivity contribution < 1.29 is 6.53 Å². The van der Waals surface area contributed by atoms with Gasteiger partial charge < -0.3 is 5.11 Å². The van der Waals surface area contributed by atoms with Gasteiger partial charge in [0.05, 0.1) is 0 Å². The molecule has 0 saturated heterocycles. The minimum atomic E-state index is 0. The summed E-state index contributed by atoms with van der Waals surface area (Å²) in [6, 6.07) is 0. The average Bonchev–Trinajstić information content (AvgIpc) is 3.33. The van der Waals surface area contributed by atoms with Gasteiger partial charge in [0.1, 0.15) is 0 Å². The van der Waals surface area contributed by atoms with Crippen molar-refractivity contribution in [2.75, 3.05) is 11.9 Å². The van der Waals surface area contributed by atoms with E-state index in [1.165, 1.54) is 281 Å². The number of alkyl halides is 1. The number of hydrogen-bond acceptors (Lipinski definition) is 1. The monoisotopic (exact) mass is 1010 g/mol. The van der Waals surface area contributed by atoms with Crippen LogP contribution >= 0.6 is 15.9 Å². The van der Waals surface area contributed by atoms with Gasteiger partial charge in [-0.2, -0.15) is 0 Å². The molecule has 0 fully saturated rings. The van der Waals surface area contributed by atoms with Crippen LogP contribution in [-0.4, -0.2) is 17.0 Å². The van der Waals surface area contributed by atoms with Crippen LogP contribution in [-0.2, 0) is 0 Å². The van der Waals surface area contributed by atoms with Gasteiger partial charge in [-0.05, 0) is 70.6 Å². The first-order chi connectivity index (χ1) is 32.6. The van der Waals surface area contributed by atoms with Crippen LogP contribution in [0, 0.1) is 24.2 Å². The maximum atomic E-state index is 8.64. The Labute approximate surface area is 438 Å². The molecule has 0 heterocycles. The Kier molecular flexibility index (Phi) is 102. The van der Waals surface area contributed by atoms with Gasteiger partial charge in [-0.1, -0.05) is 308 Å². The lowest BCUT2D eigenvalue weighted by atomic mass is 10.1. The second-order valence-corrected chi connectivity index (χ2v) is 19.8. The molecule has 0 atom stereocenters. The predicted molar refractivity (Wildman–Crippen MR) is 321 cm³/mol. The summed E-state index contributed by atoms with van der Waals surface area (Å²) in [6.07, 6.45) is 77.3. The van der Waals surface area contributed by atoms with Crippen molar-refractivity contribution in [3.8, 4) is 24.2 Å². The SMILES string of the molecule is C.C#CCCCC.CCCC/C=C\CCCCCCCCCC.CCCC/C=C\CCCCCCCCCCO.CCCCC#CCCCCCCCCCC.CCCCCCCCCCBr.[HH]. The van der Waals surface area contributed by atoms with E-state index in [-0.39, 0.29) is 8.85 Å². The van der Waals surface area contributed by atoms with Crippen LogP contribution in [0.5, 0.6) is 0 Å². The highest BCUT2D eigenvalue weighted by atomic mass is 79.9. The van der Waals surface area contributed by atoms with Crippen molar-refractivity contribution in [2.24, 2.45) is 0 Å². The molecule has 0 aliphatic rings. The largest absolute Gasteiger partial charge is 0.396 e. The molecule has 0 unspecified atom stereocenters. The Hall–Kier alpha value is -0.960. The zero-order chi connectivity index (χ0) is 49.6. The van der Waals surface area contributed by atoms with Gasteiger partial charge in [-0.15, -0.1) is 24.2 Å². The molecule has 404 valence electrons. The molecule has 0 aliphatic heterocycles. The van der Waals surface area contributed by atoms with E-state index in [1.54, 1.807) is 0 Å². The van der Waals surface area contributed by atoms with E-state index in [2.05, 4.69) is 106 Å². The second kappa shape index (κ2) is 88.0. The highest BCUT2D eigenvalue weighted by Gasteiger charge is 1.94. The molecule has 0 spiro atoms. The standard InChI is InChI=1S/C16H32O.C16H32.C16H30.C10H21Br.C6H10.CH4.H2/c1-2-3-4-5-6-7-8-9-10-11-12-13-14-15-16-17;2*1-3-5-7-9-11-13-15-16-14-12-10-8-6-4-2;1-2-3-4-5-6-7-8-9-10-11;1-3-5-6-4-2;;/h5-6,17H,2-4,7-16H2,1H3;9,11H,3-8,10,12-16H2,1-2H3;3-9,11,13-16H2,1-2H3;2-10H2,1H3;1H,4-6H2,2H3;1H4;1H/b6-5-;11-9-;;;;;. The van der Waals surface area contributed by atoms with Crippen LogP contribution in [0.2, 0.25) is 0 Å². The molecule has 0 saturated carbocycles. The van der Waals surface area contributed by atoms with Gasteiger partial charge in [0.15, 0.2) is 0 Å². The molecular weight excluding hydrogens is 877 g/mol. The maximum absolute atomic E-state index is 8.64. The van der Waals surface area contributed by atoms with Crippen molar-refractivity contribution in [1.82, 2.24) is 0 Å². The van der Waals surface area contributed by atoms with Crippen molar-refractivity contribution in [3.05, 3.63) is 24.3 Å². The number of rotatable bonds is 45. The van der Waals surface area contributed by atoms with Crippen LogP contribution in [0.15, 0.2) is 24.3 Å². The van der Waals surface area contributed by atoms with Gasteiger partial charge in [-0.3, -0.25) is 0 Å². The highest BCUT2D eigenvalue weighted by Crippen LogP contribution is 2.13. The zero-order valence-electron chi connectivity index (χ0n) is 46.9. The molecule has 0 radical (unpaired) electrons. The second-order valence-electron chi connectivity index (χ2n) is 19.0. The molecule has 1 N–H and O–H groups in total. The molecule has 0 aromatic rings. The number of aliphatic hydroxyl groups excluding tert-OH is 1. The smallest absolute Gasteiger partial charge is 0.0431 e. The molecule has 0 aromatic carbocycles. The van der Waals surface area contributed by atoms with E-state index in [0.717, 1.165) is 25.7 Å². The molecule has 67 heavy (non-hydrogen) atoms. The summed E-state index contributed by atoms with van der Waals surface area (Å²) >= 11 is 3.44. The van der Waals surface area contributed by atoms with Crippen LogP contribution in [0.4, 0.5) is 0 Å². The molecule has 0 aliphatic carbocycles. The summed E-state index contributed by atoms with van der Waals surface area (Å²) < 4.78 is 0. The number of allylic oxidation sites excluding steroid dienone is 4. The summed E-state index contributed by atoms with van der Waals surface area (Å²) in [4.78, 5) is 0. The Bertz CT molecular complexity index is 902. The van der Waals surface area contributed by atoms with E-state index in [1.807, 2.05) is 0 Å². The van der Waals surface area contributed by atoms with Crippen LogP contribution < -0.4 is 0 Å². The fourth-order valence-corrected chi connectivity index (χ4v) is 7.64. The third-order valence-electron chi connectivity index (χ3n) is 11.9. The Morgan fingerprint density at radius 2 is 0.582 bits per heavy atom. The number of aliphatic hydroxyl groups is 1. The van der Waals surface area contributed by atoms with E-state index >= 15 is 0 Å². The highest BCUT2D eigenvalue weighted by molar-refractivity contribution is 9.09. The van der Waals surface area contributed by atoms with E-state index < -0.39 is 0 Å². The minimum Gasteiger partial charge on any atom is -0.396 e. The number of unbranched alkanes of at least 4 members (excludes halogenated alkanes) is 39. The lowest BCUT2D eigenvalue weighted by Gasteiger charge is -2.00. The van der Waals surface area contributed by atoms with Gasteiger partial charge >= 0.3 is 0 Å². The van der Waals surface area contributed by atoms with Gasteiger partial charge in [0, 0.05) is 32.6 Å². The first kappa shape index (κ1) is 77.5. The third-order valence-corrected chi connectivity index (χ3v) is 12.4. The van der Waals surface area contributed by atoms with Crippen LogP contribution in [0.25, 0.3) is 0 Å². The molecule has 0 aromatic heterocycles. The predicted octanol–water partition coefficient (Wildman–Crippen LogP) is 24.4. The normalized spacial score (nSPS) is 10.3. The van der Waals surface area contributed by atoms with Crippen LogP contribution in [0.3, 0.4) is 0 Å². The summed E-state index contributed by atoms with van der Waals surface area (Å²) in [5.74, 6) is 9.11. The lowest BCUT2D eigenvalue weighted by Crippen LogP contribution is -1.84. The summed E-state index contributed by atoms with van der Waals surface area (Å²) in [5, 5.41) is 9.82. The first-order valence-corrected chi connectivity index (χ1v) is 31.1. The fraction of sp³-hybridized carbons (Fsp3) is 0.877. The number of halogens is 1. The molecule has 0 amide bonds. The van der Waals surface area contributed by atoms with E-state index in [4.69, 9.17) is 11.5 Å². The maximum Gasteiger partial charge on any atom is 0.0431 e. The zero-order valence-corrected chi connectivity index (χ0v) is 48.4. The quantitative estimate of drug-likeness (QED) is 0.0279. The van der Waals surface area contributed by atoms with Gasteiger partial charge in [0.2, 0.25) is 0 Å². The van der Waals surface area contributed by atoms with Crippen molar-refractivity contribution in [2.45, 2.75) is 358 Å².